The normalized spacial score (nSPS) is 10.0. The van der Waals surface area contributed by atoms with Crippen LogP contribution in [0.15, 0.2) is 18.2 Å². The number of rotatable bonds is 8. The van der Waals surface area contributed by atoms with Crippen LogP contribution in [0.3, 0.4) is 0 Å². The SMILES string of the molecule is COc1cc(C#N)ccc1OCC(=O)NCCCN(C)C. The van der Waals surface area contributed by atoms with Crippen LogP contribution in [-0.4, -0.2) is 51.7 Å². The molecule has 0 saturated carbocycles. The van der Waals surface area contributed by atoms with Crippen molar-refractivity contribution >= 4 is 5.91 Å². The van der Waals surface area contributed by atoms with Crippen LogP contribution < -0.4 is 14.8 Å². The quantitative estimate of drug-likeness (QED) is 0.724. The number of nitriles is 1. The van der Waals surface area contributed by atoms with Gasteiger partial charge >= 0.3 is 0 Å². The van der Waals surface area contributed by atoms with Crippen LogP contribution >= 0.6 is 0 Å². The first-order chi connectivity index (χ1) is 10.1. The highest BCUT2D eigenvalue weighted by atomic mass is 16.5. The zero-order chi connectivity index (χ0) is 15.7. The molecule has 0 atom stereocenters. The predicted molar refractivity (Wildman–Crippen MR) is 79.4 cm³/mol. The minimum absolute atomic E-state index is 0.0791. The fourth-order valence-electron chi connectivity index (χ4n) is 1.67. The van der Waals surface area contributed by atoms with Crippen LogP contribution in [0.4, 0.5) is 0 Å². The lowest BCUT2D eigenvalue weighted by Gasteiger charge is -2.12. The molecule has 0 unspecified atom stereocenters. The number of nitrogens with one attached hydrogen (secondary N) is 1. The maximum Gasteiger partial charge on any atom is 0.257 e. The van der Waals surface area contributed by atoms with Gasteiger partial charge in [0.25, 0.3) is 5.91 Å². The summed E-state index contributed by atoms with van der Waals surface area (Å²) in [7, 11) is 5.47. The Morgan fingerprint density at radius 2 is 2.14 bits per heavy atom. The standard InChI is InChI=1S/C15H21N3O3/c1-18(2)8-4-7-17-15(19)11-21-13-6-5-12(10-16)9-14(13)20-3/h5-6,9H,4,7-8,11H2,1-3H3,(H,17,19). The van der Waals surface area contributed by atoms with Gasteiger partial charge in [-0.05, 0) is 39.2 Å². The van der Waals surface area contributed by atoms with Crippen LogP contribution in [0.5, 0.6) is 11.5 Å². The predicted octanol–water partition coefficient (Wildman–Crippen LogP) is 1.01. The van der Waals surface area contributed by atoms with Gasteiger partial charge in [-0.1, -0.05) is 0 Å². The molecule has 1 amide bonds. The average Bonchev–Trinajstić information content (AvgIpc) is 2.49. The lowest BCUT2D eigenvalue weighted by atomic mass is 10.2. The summed E-state index contributed by atoms with van der Waals surface area (Å²) in [5.41, 5.74) is 0.479. The number of hydrogen-bond acceptors (Lipinski definition) is 5. The molecule has 1 N–H and O–H groups in total. The molecule has 114 valence electrons. The number of amides is 1. The van der Waals surface area contributed by atoms with Gasteiger partial charge in [0.15, 0.2) is 18.1 Å². The van der Waals surface area contributed by atoms with Crippen molar-refractivity contribution in [3.05, 3.63) is 23.8 Å². The lowest BCUT2D eigenvalue weighted by molar-refractivity contribution is -0.123. The Morgan fingerprint density at radius 1 is 1.38 bits per heavy atom. The van der Waals surface area contributed by atoms with Gasteiger partial charge in [0.1, 0.15) is 0 Å². The van der Waals surface area contributed by atoms with Gasteiger partial charge in [0, 0.05) is 12.6 Å². The monoisotopic (exact) mass is 291 g/mol. The molecule has 0 radical (unpaired) electrons. The summed E-state index contributed by atoms with van der Waals surface area (Å²) in [6, 6.07) is 6.83. The van der Waals surface area contributed by atoms with Crippen LogP contribution in [0.1, 0.15) is 12.0 Å². The zero-order valence-electron chi connectivity index (χ0n) is 12.7. The molecule has 0 fully saturated rings. The molecule has 6 nitrogen and oxygen atoms in total. The van der Waals surface area contributed by atoms with Crippen LogP contribution in [-0.2, 0) is 4.79 Å². The minimum atomic E-state index is -0.180. The van der Waals surface area contributed by atoms with Crippen molar-refractivity contribution in [2.24, 2.45) is 0 Å². The highest BCUT2D eigenvalue weighted by Crippen LogP contribution is 2.27. The molecule has 1 rings (SSSR count). The number of hydrogen-bond donors (Lipinski definition) is 1. The van der Waals surface area contributed by atoms with Crippen molar-refractivity contribution in [2.75, 3.05) is 40.9 Å². The van der Waals surface area contributed by atoms with Gasteiger partial charge in [-0.15, -0.1) is 0 Å². The summed E-state index contributed by atoms with van der Waals surface area (Å²) in [6.45, 7) is 1.46. The van der Waals surface area contributed by atoms with Crippen LogP contribution in [0.2, 0.25) is 0 Å². The molecule has 0 aliphatic carbocycles. The summed E-state index contributed by atoms with van der Waals surface area (Å²) < 4.78 is 10.5. The van der Waals surface area contributed by atoms with Crippen LogP contribution in [0, 0.1) is 11.3 Å². The molecule has 0 saturated heterocycles. The van der Waals surface area contributed by atoms with E-state index in [1.54, 1.807) is 18.2 Å². The second kappa shape index (κ2) is 8.82. The molecule has 0 aliphatic rings. The summed E-state index contributed by atoms with van der Waals surface area (Å²) in [5.74, 6) is 0.703. The molecule has 0 aliphatic heterocycles. The van der Waals surface area contributed by atoms with Gasteiger partial charge in [-0.25, -0.2) is 0 Å². The third-order valence-corrected chi connectivity index (χ3v) is 2.76. The first kappa shape index (κ1) is 16.8. The molecule has 6 heteroatoms. The number of benzene rings is 1. The second-order valence-corrected chi connectivity index (χ2v) is 4.77. The number of carbonyl (C=O) groups is 1. The topological polar surface area (TPSA) is 74.6 Å². The fourth-order valence-corrected chi connectivity index (χ4v) is 1.67. The lowest BCUT2D eigenvalue weighted by Crippen LogP contribution is -2.31. The van der Waals surface area contributed by atoms with Crippen molar-refractivity contribution in [1.82, 2.24) is 10.2 Å². The van der Waals surface area contributed by atoms with E-state index in [9.17, 15) is 4.79 Å². The van der Waals surface area contributed by atoms with E-state index in [-0.39, 0.29) is 12.5 Å². The Bertz CT molecular complexity index is 509. The fraction of sp³-hybridized carbons (Fsp3) is 0.467. The highest BCUT2D eigenvalue weighted by Gasteiger charge is 2.08. The molecule has 0 aromatic heterocycles. The van der Waals surface area contributed by atoms with E-state index < -0.39 is 0 Å². The smallest absolute Gasteiger partial charge is 0.257 e. The Kier molecular flexibility index (Phi) is 7.05. The third-order valence-electron chi connectivity index (χ3n) is 2.76. The zero-order valence-corrected chi connectivity index (χ0v) is 12.7. The van der Waals surface area contributed by atoms with E-state index in [0.717, 1.165) is 13.0 Å². The van der Waals surface area contributed by atoms with Crippen molar-refractivity contribution in [1.29, 1.82) is 5.26 Å². The van der Waals surface area contributed by atoms with Crippen molar-refractivity contribution in [3.8, 4) is 17.6 Å². The first-order valence-electron chi connectivity index (χ1n) is 6.69. The van der Waals surface area contributed by atoms with Gasteiger partial charge in [0.2, 0.25) is 0 Å². The Hall–Kier alpha value is -2.26. The Morgan fingerprint density at radius 3 is 2.76 bits per heavy atom. The van der Waals surface area contributed by atoms with E-state index in [0.29, 0.717) is 23.6 Å². The second-order valence-electron chi connectivity index (χ2n) is 4.77. The average molecular weight is 291 g/mol. The summed E-state index contributed by atoms with van der Waals surface area (Å²) in [6.07, 6.45) is 0.888. The van der Waals surface area contributed by atoms with E-state index in [1.165, 1.54) is 7.11 Å². The Balaban J connectivity index is 2.41. The molecule has 0 spiro atoms. The molecular weight excluding hydrogens is 270 g/mol. The molecule has 1 aromatic rings. The van der Waals surface area contributed by atoms with Crippen molar-refractivity contribution < 1.29 is 14.3 Å². The number of carbonyl (C=O) groups excluding carboxylic acids is 1. The number of ether oxygens (including phenoxy) is 2. The molecular formula is C15H21N3O3. The first-order valence-corrected chi connectivity index (χ1v) is 6.69. The molecule has 0 heterocycles. The molecule has 1 aromatic carbocycles. The van der Waals surface area contributed by atoms with Gasteiger partial charge in [-0.3, -0.25) is 4.79 Å². The van der Waals surface area contributed by atoms with E-state index in [2.05, 4.69) is 10.2 Å². The minimum Gasteiger partial charge on any atom is -0.493 e. The van der Waals surface area contributed by atoms with Crippen LogP contribution in [0.25, 0.3) is 0 Å². The largest absolute Gasteiger partial charge is 0.493 e. The highest BCUT2D eigenvalue weighted by molar-refractivity contribution is 5.77. The Labute approximate surface area is 125 Å². The summed E-state index contributed by atoms with van der Waals surface area (Å²) in [5, 5.41) is 11.6. The van der Waals surface area contributed by atoms with Gasteiger partial charge < -0.3 is 19.7 Å². The van der Waals surface area contributed by atoms with Crippen molar-refractivity contribution in [3.63, 3.8) is 0 Å². The number of nitrogens with zero attached hydrogens (tertiary/aromatic N) is 2. The van der Waals surface area contributed by atoms with Gasteiger partial charge in [-0.2, -0.15) is 5.26 Å². The number of methoxy groups -OCH3 is 1. The maximum atomic E-state index is 11.6. The third kappa shape index (κ3) is 6.15. The molecule has 21 heavy (non-hydrogen) atoms. The van der Waals surface area contributed by atoms with Gasteiger partial charge in [0.05, 0.1) is 18.7 Å². The van der Waals surface area contributed by atoms with E-state index in [4.69, 9.17) is 14.7 Å². The van der Waals surface area contributed by atoms with E-state index in [1.807, 2.05) is 20.2 Å². The molecule has 0 bridgehead atoms. The van der Waals surface area contributed by atoms with E-state index >= 15 is 0 Å². The van der Waals surface area contributed by atoms with Crippen molar-refractivity contribution in [2.45, 2.75) is 6.42 Å². The maximum absolute atomic E-state index is 11.6. The summed E-state index contributed by atoms with van der Waals surface area (Å²) >= 11 is 0. The summed E-state index contributed by atoms with van der Waals surface area (Å²) in [4.78, 5) is 13.7.